The molecular formula is C18H38NO3+. The van der Waals surface area contributed by atoms with E-state index in [0.29, 0.717) is 6.42 Å². The van der Waals surface area contributed by atoms with Crippen molar-refractivity contribution in [1.82, 2.24) is 0 Å². The largest absolute Gasteiger partial charge is 0.390 e. The Bertz CT molecular complexity index is 259. The maximum absolute atomic E-state index is 9.76. The van der Waals surface area contributed by atoms with Crippen LogP contribution in [0.1, 0.15) is 77.6 Å². The van der Waals surface area contributed by atoms with E-state index in [-0.39, 0.29) is 6.61 Å². The van der Waals surface area contributed by atoms with Crippen molar-refractivity contribution in [3.63, 3.8) is 0 Å². The van der Waals surface area contributed by atoms with Gasteiger partial charge < -0.3 is 21.1 Å². The normalized spacial score (nSPS) is 16.0. The van der Waals surface area contributed by atoms with Crippen LogP contribution in [-0.2, 0) is 0 Å². The fraction of sp³-hybridized carbons (Fsp3) is 0.889. The zero-order chi connectivity index (χ0) is 16.6. The molecule has 0 aliphatic heterocycles. The van der Waals surface area contributed by atoms with Crippen LogP contribution in [0.2, 0.25) is 0 Å². The summed E-state index contributed by atoms with van der Waals surface area (Å²) in [5.41, 5.74) is 3.61. The Kier molecular flexibility index (Phi) is 15.2. The number of unbranched alkanes of at least 4 members (excludes halogenated alkanes) is 8. The van der Waals surface area contributed by atoms with Gasteiger partial charge >= 0.3 is 0 Å². The van der Waals surface area contributed by atoms with Crippen molar-refractivity contribution in [3.05, 3.63) is 12.2 Å². The highest BCUT2D eigenvalue weighted by Gasteiger charge is 2.24. The summed E-state index contributed by atoms with van der Waals surface area (Å²) >= 11 is 0. The van der Waals surface area contributed by atoms with Gasteiger partial charge in [0, 0.05) is 0 Å². The second-order valence-corrected chi connectivity index (χ2v) is 6.31. The molecule has 22 heavy (non-hydrogen) atoms. The van der Waals surface area contributed by atoms with E-state index in [0.717, 1.165) is 19.3 Å². The van der Waals surface area contributed by atoms with Crippen LogP contribution >= 0.6 is 0 Å². The van der Waals surface area contributed by atoms with Crippen LogP contribution in [0.4, 0.5) is 0 Å². The molecule has 0 saturated carbocycles. The van der Waals surface area contributed by atoms with Crippen molar-refractivity contribution in [2.45, 2.75) is 95.8 Å². The molecule has 0 bridgehead atoms. The molecule has 4 nitrogen and oxygen atoms in total. The van der Waals surface area contributed by atoms with E-state index in [4.69, 9.17) is 5.11 Å². The third-order valence-electron chi connectivity index (χ3n) is 4.12. The Morgan fingerprint density at radius 2 is 1.41 bits per heavy atom. The van der Waals surface area contributed by atoms with Crippen LogP contribution in [0.25, 0.3) is 0 Å². The first-order chi connectivity index (χ1) is 10.6. The van der Waals surface area contributed by atoms with Crippen LogP contribution in [0, 0.1) is 0 Å². The molecule has 0 aromatic heterocycles. The van der Waals surface area contributed by atoms with Crippen molar-refractivity contribution >= 4 is 0 Å². The summed E-state index contributed by atoms with van der Waals surface area (Å²) in [5, 5.41) is 28.3. The van der Waals surface area contributed by atoms with Gasteiger partial charge in [0.15, 0.2) is 0 Å². The minimum atomic E-state index is -0.929. The lowest BCUT2D eigenvalue weighted by atomic mass is 10.0. The average Bonchev–Trinajstić information content (AvgIpc) is 2.54. The highest BCUT2D eigenvalue weighted by molar-refractivity contribution is 4.82. The van der Waals surface area contributed by atoms with Crippen LogP contribution in [0.5, 0.6) is 0 Å². The summed E-state index contributed by atoms with van der Waals surface area (Å²) in [7, 11) is 0. The molecule has 3 atom stereocenters. The highest BCUT2D eigenvalue weighted by Crippen LogP contribution is 2.10. The Hall–Kier alpha value is -0.420. The molecule has 0 aliphatic rings. The molecule has 0 heterocycles. The van der Waals surface area contributed by atoms with Gasteiger partial charge in [-0.1, -0.05) is 57.6 Å². The SMILES string of the molecule is CCCCCCCCC/C=C/CCC[C@@H](O)[C@@H](O)[C@@H]([NH3+])CO. The lowest BCUT2D eigenvalue weighted by Gasteiger charge is -2.19. The van der Waals surface area contributed by atoms with Crippen LogP contribution in [0.15, 0.2) is 12.2 Å². The first-order valence-electron chi connectivity index (χ1n) is 9.08. The fourth-order valence-electron chi connectivity index (χ4n) is 2.49. The van der Waals surface area contributed by atoms with Crippen molar-refractivity contribution in [2.24, 2.45) is 0 Å². The number of aliphatic hydroxyl groups excluding tert-OH is 3. The van der Waals surface area contributed by atoms with Gasteiger partial charge in [-0.3, -0.25) is 0 Å². The number of aliphatic hydroxyl groups is 3. The number of hydrogen-bond donors (Lipinski definition) is 4. The molecule has 0 fully saturated rings. The molecule has 4 heteroatoms. The first-order valence-corrected chi connectivity index (χ1v) is 9.08. The molecule has 0 spiro atoms. The molecule has 0 unspecified atom stereocenters. The Morgan fingerprint density at radius 1 is 0.864 bits per heavy atom. The summed E-state index contributed by atoms with van der Waals surface area (Å²) in [6, 6.07) is -0.511. The topological polar surface area (TPSA) is 88.3 Å². The van der Waals surface area contributed by atoms with Gasteiger partial charge in [0.05, 0.1) is 12.7 Å². The monoisotopic (exact) mass is 316 g/mol. The molecule has 6 N–H and O–H groups in total. The van der Waals surface area contributed by atoms with Gasteiger partial charge in [0.25, 0.3) is 0 Å². The molecule has 0 radical (unpaired) electrons. The van der Waals surface area contributed by atoms with E-state index in [9.17, 15) is 10.2 Å². The Balaban J connectivity index is 3.40. The molecule has 132 valence electrons. The number of allylic oxidation sites excluding steroid dienone is 2. The van der Waals surface area contributed by atoms with Gasteiger partial charge in [-0.2, -0.15) is 0 Å². The van der Waals surface area contributed by atoms with Crippen molar-refractivity contribution < 1.29 is 21.1 Å². The van der Waals surface area contributed by atoms with E-state index < -0.39 is 18.2 Å². The first kappa shape index (κ1) is 21.6. The van der Waals surface area contributed by atoms with E-state index in [1.165, 1.54) is 44.9 Å². The smallest absolute Gasteiger partial charge is 0.136 e. The van der Waals surface area contributed by atoms with Crippen molar-refractivity contribution in [1.29, 1.82) is 0 Å². The lowest BCUT2D eigenvalue weighted by molar-refractivity contribution is -0.447. The predicted molar refractivity (Wildman–Crippen MR) is 91.4 cm³/mol. The molecule has 0 saturated heterocycles. The van der Waals surface area contributed by atoms with Gasteiger partial charge in [-0.25, -0.2) is 0 Å². The minimum Gasteiger partial charge on any atom is -0.390 e. The summed E-state index contributed by atoms with van der Waals surface area (Å²) < 4.78 is 0. The third-order valence-corrected chi connectivity index (χ3v) is 4.12. The average molecular weight is 317 g/mol. The predicted octanol–water partition coefficient (Wildman–Crippen LogP) is 2.18. The Labute approximate surface area is 136 Å². The van der Waals surface area contributed by atoms with E-state index in [1.54, 1.807) is 0 Å². The molecular weight excluding hydrogens is 278 g/mol. The summed E-state index contributed by atoms with van der Waals surface area (Å²) in [5.74, 6) is 0. The van der Waals surface area contributed by atoms with Crippen molar-refractivity contribution in [3.8, 4) is 0 Å². The molecule has 0 aromatic rings. The maximum Gasteiger partial charge on any atom is 0.136 e. The Morgan fingerprint density at radius 3 is 2.00 bits per heavy atom. The molecule has 0 amide bonds. The lowest BCUT2D eigenvalue weighted by Crippen LogP contribution is -2.70. The van der Waals surface area contributed by atoms with Crippen molar-refractivity contribution in [2.75, 3.05) is 6.61 Å². The van der Waals surface area contributed by atoms with E-state index in [2.05, 4.69) is 24.8 Å². The third kappa shape index (κ3) is 12.2. The maximum atomic E-state index is 9.76. The summed E-state index contributed by atoms with van der Waals surface area (Å²) in [4.78, 5) is 0. The van der Waals surface area contributed by atoms with E-state index >= 15 is 0 Å². The van der Waals surface area contributed by atoms with Gasteiger partial charge in [0.1, 0.15) is 12.1 Å². The molecule has 0 rings (SSSR count). The summed E-state index contributed by atoms with van der Waals surface area (Å²) in [6.07, 6.45) is 15.5. The highest BCUT2D eigenvalue weighted by atomic mass is 16.3. The second-order valence-electron chi connectivity index (χ2n) is 6.31. The number of quaternary nitrogens is 1. The second kappa shape index (κ2) is 15.5. The van der Waals surface area contributed by atoms with Gasteiger partial charge in [-0.05, 0) is 32.1 Å². The number of rotatable bonds is 15. The zero-order valence-electron chi connectivity index (χ0n) is 14.4. The van der Waals surface area contributed by atoms with Crippen LogP contribution in [0.3, 0.4) is 0 Å². The zero-order valence-corrected chi connectivity index (χ0v) is 14.4. The molecule has 0 aromatic carbocycles. The van der Waals surface area contributed by atoms with Gasteiger partial charge in [0.2, 0.25) is 0 Å². The standard InChI is InChI=1S/C18H37NO3/c1-2-3-4-5-6-7-8-9-10-11-12-13-14-17(21)18(22)16(19)15-20/h10-11,16-18,20-22H,2-9,12-15,19H2,1H3/p+1/b11-10+/t16-,17+,18-/m0/s1. The summed E-state index contributed by atoms with van der Waals surface area (Å²) in [6.45, 7) is 2.05. The number of hydrogen-bond acceptors (Lipinski definition) is 3. The molecule has 0 aliphatic carbocycles. The fourth-order valence-corrected chi connectivity index (χ4v) is 2.49. The van der Waals surface area contributed by atoms with Gasteiger partial charge in [-0.15, -0.1) is 0 Å². The van der Waals surface area contributed by atoms with E-state index in [1.807, 2.05) is 0 Å². The van der Waals surface area contributed by atoms with Crippen LogP contribution in [-0.4, -0.2) is 40.2 Å². The minimum absolute atomic E-state index is 0.198. The quantitative estimate of drug-likeness (QED) is 0.276. The van der Waals surface area contributed by atoms with Crippen LogP contribution < -0.4 is 5.73 Å².